The number of nitrogens with one attached hydrogen (secondary N) is 2. The Bertz CT molecular complexity index is 735. The number of amides is 4. The van der Waals surface area contributed by atoms with Crippen molar-refractivity contribution < 1.29 is 41.8 Å². The maximum atomic E-state index is 12.1. The van der Waals surface area contributed by atoms with Crippen LogP contribution in [0.2, 0.25) is 0 Å². The van der Waals surface area contributed by atoms with Gasteiger partial charge in [-0.25, -0.2) is 4.79 Å². The van der Waals surface area contributed by atoms with E-state index in [0.717, 1.165) is 17.0 Å². The predicted molar refractivity (Wildman–Crippen MR) is 87.1 cm³/mol. The van der Waals surface area contributed by atoms with Gasteiger partial charge in [0.2, 0.25) is 5.91 Å². The van der Waals surface area contributed by atoms with Crippen LogP contribution in [0.5, 0.6) is 5.75 Å². The second-order valence-corrected chi connectivity index (χ2v) is 5.59. The smallest absolute Gasteiger partial charge is 0.456 e. The number of carbonyl (C=O) groups excluding carboxylic acids is 4. The van der Waals surface area contributed by atoms with Gasteiger partial charge in [0.15, 0.2) is 6.61 Å². The van der Waals surface area contributed by atoms with Crippen LogP contribution in [0.4, 0.5) is 23.7 Å². The van der Waals surface area contributed by atoms with Gasteiger partial charge in [0.25, 0.3) is 5.91 Å². The van der Waals surface area contributed by atoms with Crippen LogP contribution in [-0.2, 0) is 19.1 Å². The molecule has 0 radical (unpaired) electrons. The van der Waals surface area contributed by atoms with Gasteiger partial charge in [-0.1, -0.05) is 0 Å². The fourth-order valence-electron chi connectivity index (χ4n) is 2.22. The average molecular weight is 403 g/mol. The first kappa shape index (κ1) is 21.0. The van der Waals surface area contributed by atoms with Gasteiger partial charge in [0.05, 0.1) is 6.54 Å². The summed E-state index contributed by atoms with van der Waals surface area (Å²) in [4.78, 5) is 46.9. The van der Waals surface area contributed by atoms with Crippen molar-refractivity contribution in [2.75, 3.05) is 25.0 Å². The zero-order valence-electron chi connectivity index (χ0n) is 14.4. The lowest BCUT2D eigenvalue weighted by Gasteiger charge is -2.12. The number of hydrogen-bond donors (Lipinski definition) is 2. The van der Waals surface area contributed by atoms with E-state index in [1.54, 1.807) is 0 Å². The number of benzene rings is 1. The van der Waals surface area contributed by atoms with Crippen LogP contribution in [0.3, 0.4) is 0 Å². The Kier molecular flexibility index (Phi) is 6.79. The van der Waals surface area contributed by atoms with Gasteiger partial charge in [0, 0.05) is 18.7 Å². The van der Waals surface area contributed by atoms with Crippen molar-refractivity contribution in [1.29, 1.82) is 0 Å². The van der Waals surface area contributed by atoms with E-state index in [0.29, 0.717) is 0 Å². The SMILES string of the molecule is O=C(COC(=O)CCCN1C(=O)CNC1=O)Nc1ccc(OC(F)(F)F)cc1. The van der Waals surface area contributed by atoms with E-state index in [-0.39, 0.29) is 37.5 Å². The van der Waals surface area contributed by atoms with E-state index in [9.17, 15) is 32.3 Å². The Hall–Kier alpha value is -3.31. The molecule has 0 unspecified atom stereocenters. The topological polar surface area (TPSA) is 114 Å². The third-order valence-corrected chi connectivity index (χ3v) is 3.44. The van der Waals surface area contributed by atoms with Crippen molar-refractivity contribution in [2.24, 2.45) is 0 Å². The maximum Gasteiger partial charge on any atom is 0.573 e. The summed E-state index contributed by atoms with van der Waals surface area (Å²) in [6.45, 7) is -0.617. The van der Waals surface area contributed by atoms with Crippen molar-refractivity contribution in [3.8, 4) is 5.75 Å². The first-order valence-corrected chi connectivity index (χ1v) is 8.03. The minimum Gasteiger partial charge on any atom is -0.456 e. The van der Waals surface area contributed by atoms with Gasteiger partial charge < -0.3 is 20.1 Å². The van der Waals surface area contributed by atoms with Gasteiger partial charge in [-0.2, -0.15) is 0 Å². The number of nitrogens with zero attached hydrogens (tertiary/aromatic N) is 1. The van der Waals surface area contributed by atoms with Gasteiger partial charge in [0.1, 0.15) is 5.75 Å². The van der Waals surface area contributed by atoms with E-state index < -0.39 is 36.6 Å². The number of alkyl halides is 3. The first-order valence-electron chi connectivity index (χ1n) is 8.03. The number of hydrogen-bond acceptors (Lipinski definition) is 6. The lowest BCUT2D eigenvalue weighted by molar-refractivity contribution is -0.274. The lowest BCUT2D eigenvalue weighted by atomic mass is 10.3. The standard InChI is InChI=1S/C16H16F3N3O6/c17-16(18,19)28-11-5-3-10(4-6-11)21-12(23)9-27-14(25)2-1-7-22-13(24)8-20-15(22)26/h3-6H,1-2,7-9H2,(H,20,26)(H,21,23). The van der Waals surface area contributed by atoms with Crippen LogP contribution in [0.25, 0.3) is 0 Å². The number of halogens is 3. The molecule has 2 N–H and O–H groups in total. The molecular formula is C16H16F3N3O6. The third kappa shape index (κ3) is 6.78. The molecule has 1 aliphatic rings. The zero-order valence-corrected chi connectivity index (χ0v) is 14.4. The summed E-state index contributed by atoms with van der Waals surface area (Å²) in [5.74, 6) is -2.21. The number of carbonyl (C=O) groups is 4. The Morgan fingerprint density at radius 2 is 1.86 bits per heavy atom. The van der Waals surface area contributed by atoms with Gasteiger partial charge in [-0.3, -0.25) is 19.3 Å². The van der Waals surface area contributed by atoms with Crippen LogP contribution in [0, 0.1) is 0 Å². The summed E-state index contributed by atoms with van der Waals surface area (Å²) in [7, 11) is 0. The van der Waals surface area contributed by atoms with Gasteiger partial charge in [-0.15, -0.1) is 13.2 Å². The summed E-state index contributed by atoms with van der Waals surface area (Å²) in [6.07, 6.45) is -4.74. The van der Waals surface area contributed by atoms with Crippen molar-refractivity contribution in [3.63, 3.8) is 0 Å². The van der Waals surface area contributed by atoms with E-state index >= 15 is 0 Å². The van der Waals surface area contributed by atoms with Crippen LogP contribution >= 0.6 is 0 Å². The predicted octanol–water partition coefficient (Wildman–Crippen LogP) is 1.40. The minimum atomic E-state index is -4.81. The molecule has 1 aromatic carbocycles. The van der Waals surface area contributed by atoms with Crippen LogP contribution in [0.15, 0.2) is 24.3 Å². The quantitative estimate of drug-likeness (QED) is 0.501. The van der Waals surface area contributed by atoms with Crippen LogP contribution < -0.4 is 15.4 Å². The fourth-order valence-corrected chi connectivity index (χ4v) is 2.22. The molecule has 28 heavy (non-hydrogen) atoms. The highest BCUT2D eigenvalue weighted by Crippen LogP contribution is 2.23. The molecule has 1 saturated heterocycles. The number of urea groups is 1. The molecule has 2 rings (SSSR count). The Labute approximate surface area is 156 Å². The van der Waals surface area contributed by atoms with Gasteiger partial charge >= 0.3 is 18.4 Å². The zero-order chi connectivity index (χ0) is 20.7. The molecule has 9 nitrogen and oxygen atoms in total. The molecule has 4 amide bonds. The Morgan fingerprint density at radius 1 is 1.18 bits per heavy atom. The van der Waals surface area contributed by atoms with E-state index in [1.807, 2.05) is 0 Å². The van der Waals surface area contributed by atoms with Crippen LogP contribution in [-0.4, -0.2) is 54.8 Å². The van der Waals surface area contributed by atoms with E-state index in [2.05, 4.69) is 15.4 Å². The third-order valence-electron chi connectivity index (χ3n) is 3.44. The normalized spacial score (nSPS) is 13.9. The molecule has 0 aliphatic carbocycles. The summed E-state index contributed by atoms with van der Waals surface area (Å²) in [5, 5.41) is 4.68. The highest BCUT2D eigenvalue weighted by Gasteiger charge is 2.31. The molecule has 0 saturated carbocycles. The fraction of sp³-hybridized carbons (Fsp3) is 0.375. The molecule has 0 bridgehead atoms. The molecule has 152 valence electrons. The largest absolute Gasteiger partial charge is 0.573 e. The van der Waals surface area contributed by atoms with E-state index in [4.69, 9.17) is 4.74 Å². The van der Waals surface area contributed by atoms with Crippen LogP contribution in [0.1, 0.15) is 12.8 Å². The van der Waals surface area contributed by atoms with E-state index in [1.165, 1.54) is 12.1 Å². The summed E-state index contributed by atoms with van der Waals surface area (Å²) >= 11 is 0. The number of esters is 1. The number of imide groups is 1. The Morgan fingerprint density at radius 3 is 2.43 bits per heavy atom. The number of rotatable bonds is 8. The first-order chi connectivity index (χ1) is 13.1. The molecule has 1 fully saturated rings. The van der Waals surface area contributed by atoms with Crippen molar-refractivity contribution >= 4 is 29.5 Å². The molecule has 0 atom stereocenters. The molecule has 0 aromatic heterocycles. The highest BCUT2D eigenvalue weighted by atomic mass is 19.4. The number of ether oxygens (including phenoxy) is 2. The molecule has 1 aromatic rings. The second-order valence-electron chi connectivity index (χ2n) is 5.59. The van der Waals surface area contributed by atoms with Crippen molar-refractivity contribution in [2.45, 2.75) is 19.2 Å². The number of anilines is 1. The average Bonchev–Trinajstić information content (AvgIpc) is 2.92. The van der Waals surface area contributed by atoms with Crippen molar-refractivity contribution in [3.05, 3.63) is 24.3 Å². The lowest BCUT2D eigenvalue weighted by Crippen LogP contribution is -2.32. The molecule has 1 heterocycles. The summed E-state index contributed by atoms with van der Waals surface area (Å²) in [5.41, 5.74) is 0.189. The monoisotopic (exact) mass is 403 g/mol. The summed E-state index contributed by atoms with van der Waals surface area (Å²) in [6, 6.07) is 3.90. The van der Waals surface area contributed by atoms with Crippen molar-refractivity contribution in [1.82, 2.24) is 10.2 Å². The Balaban J connectivity index is 1.66. The minimum absolute atomic E-state index is 0.0539. The molecular weight excluding hydrogens is 387 g/mol. The molecule has 1 aliphatic heterocycles. The van der Waals surface area contributed by atoms with Gasteiger partial charge in [-0.05, 0) is 30.7 Å². The molecule has 12 heteroatoms. The molecule has 0 spiro atoms. The summed E-state index contributed by atoms with van der Waals surface area (Å²) < 4.78 is 44.6. The highest BCUT2D eigenvalue weighted by molar-refractivity contribution is 6.01. The second kappa shape index (κ2) is 9.06. The maximum absolute atomic E-state index is 12.1.